The molecule has 0 bridgehead atoms. The first kappa shape index (κ1) is 22.7. The van der Waals surface area contributed by atoms with Crippen molar-refractivity contribution in [2.75, 3.05) is 32.7 Å². The Bertz CT molecular complexity index is 595. The minimum atomic E-state index is -0.477. The van der Waals surface area contributed by atoms with Gasteiger partial charge in [0.15, 0.2) is 0 Å². The molecule has 146 valence electrons. The Kier molecular flexibility index (Phi) is 8.87. The van der Waals surface area contributed by atoms with Crippen molar-refractivity contribution < 1.29 is 9.59 Å². The smallest absolute Gasteiger partial charge is 0.253 e. The number of amides is 2. The molecule has 1 aromatic rings. The third kappa shape index (κ3) is 4.90. The van der Waals surface area contributed by atoms with E-state index in [1.165, 1.54) is 0 Å². The quantitative estimate of drug-likeness (QED) is 0.823. The standard InChI is InChI=1S/C19H28ClN3O2.ClH/c1-3-19(4-2,14-21)18(25)23-11-5-10-22(12-13-23)17(24)15-6-8-16(20)9-7-15;/h6-9H,3-5,10-14,21H2,1-2H3;1H. The van der Waals surface area contributed by atoms with E-state index in [4.69, 9.17) is 17.3 Å². The SMILES string of the molecule is CCC(CC)(CN)C(=O)N1CCCN(C(=O)c2ccc(Cl)cc2)CC1.Cl. The maximum Gasteiger partial charge on any atom is 0.253 e. The Balaban J connectivity index is 0.00000338. The van der Waals surface area contributed by atoms with E-state index in [-0.39, 0.29) is 24.2 Å². The van der Waals surface area contributed by atoms with Crippen molar-refractivity contribution in [1.29, 1.82) is 0 Å². The number of hydrogen-bond acceptors (Lipinski definition) is 3. The Morgan fingerprint density at radius 3 is 2.12 bits per heavy atom. The van der Waals surface area contributed by atoms with Crippen LogP contribution in [0.25, 0.3) is 0 Å². The third-order valence-electron chi connectivity index (χ3n) is 5.36. The minimum Gasteiger partial charge on any atom is -0.340 e. The molecule has 0 radical (unpaired) electrons. The van der Waals surface area contributed by atoms with Crippen LogP contribution in [-0.2, 0) is 4.79 Å². The van der Waals surface area contributed by atoms with E-state index in [2.05, 4.69) is 0 Å². The summed E-state index contributed by atoms with van der Waals surface area (Å²) in [7, 11) is 0. The molecular weight excluding hydrogens is 373 g/mol. The summed E-state index contributed by atoms with van der Waals surface area (Å²) in [6.45, 7) is 6.82. The lowest BCUT2D eigenvalue weighted by Crippen LogP contribution is -2.48. The maximum absolute atomic E-state index is 13.0. The molecule has 0 atom stereocenters. The van der Waals surface area contributed by atoms with Crippen molar-refractivity contribution in [3.8, 4) is 0 Å². The van der Waals surface area contributed by atoms with Crippen molar-refractivity contribution in [2.24, 2.45) is 11.1 Å². The number of benzene rings is 1. The molecule has 7 heteroatoms. The highest BCUT2D eigenvalue weighted by Gasteiger charge is 2.37. The molecule has 2 rings (SSSR count). The van der Waals surface area contributed by atoms with E-state index in [1.54, 1.807) is 24.3 Å². The third-order valence-corrected chi connectivity index (χ3v) is 5.61. The van der Waals surface area contributed by atoms with Gasteiger partial charge in [-0.1, -0.05) is 25.4 Å². The van der Waals surface area contributed by atoms with E-state index >= 15 is 0 Å². The van der Waals surface area contributed by atoms with Crippen molar-refractivity contribution >= 4 is 35.8 Å². The molecule has 1 aliphatic heterocycles. The summed E-state index contributed by atoms with van der Waals surface area (Å²) in [6, 6.07) is 6.93. The monoisotopic (exact) mass is 401 g/mol. The van der Waals surface area contributed by atoms with Crippen LogP contribution >= 0.6 is 24.0 Å². The second kappa shape index (κ2) is 10.1. The molecule has 0 spiro atoms. The van der Waals surface area contributed by atoms with Gasteiger partial charge in [-0.05, 0) is 43.5 Å². The summed E-state index contributed by atoms with van der Waals surface area (Å²) in [5, 5.41) is 0.612. The van der Waals surface area contributed by atoms with Gasteiger partial charge in [0, 0.05) is 43.3 Å². The number of nitrogens with two attached hydrogens (primary N) is 1. The zero-order valence-electron chi connectivity index (χ0n) is 15.5. The van der Waals surface area contributed by atoms with Gasteiger partial charge >= 0.3 is 0 Å². The molecule has 1 saturated heterocycles. The summed E-state index contributed by atoms with van der Waals surface area (Å²) in [6.07, 6.45) is 2.25. The predicted octanol–water partition coefficient (Wildman–Crippen LogP) is 3.20. The molecule has 0 aliphatic carbocycles. The van der Waals surface area contributed by atoms with Crippen LogP contribution < -0.4 is 5.73 Å². The summed E-state index contributed by atoms with van der Waals surface area (Å²) in [5.41, 5.74) is 6.07. The van der Waals surface area contributed by atoms with Crippen LogP contribution in [0.3, 0.4) is 0 Å². The van der Waals surface area contributed by atoms with Crippen LogP contribution in [0.1, 0.15) is 43.5 Å². The van der Waals surface area contributed by atoms with Gasteiger partial charge in [-0.2, -0.15) is 0 Å². The van der Waals surface area contributed by atoms with E-state index in [0.717, 1.165) is 19.3 Å². The summed E-state index contributed by atoms with van der Waals surface area (Å²) in [4.78, 5) is 29.3. The minimum absolute atomic E-state index is 0. The molecular formula is C19H29Cl2N3O2. The van der Waals surface area contributed by atoms with Crippen LogP contribution in [0.2, 0.25) is 5.02 Å². The van der Waals surface area contributed by atoms with Crippen molar-refractivity contribution in [3.05, 3.63) is 34.9 Å². The average molecular weight is 402 g/mol. The summed E-state index contributed by atoms with van der Waals surface area (Å²) in [5.74, 6) is 0.114. The topological polar surface area (TPSA) is 66.6 Å². The van der Waals surface area contributed by atoms with Gasteiger partial charge in [-0.3, -0.25) is 9.59 Å². The molecule has 26 heavy (non-hydrogen) atoms. The molecule has 1 heterocycles. The fourth-order valence-corrected chi connectivity index (χ4v) is 3.49. The predicted molar refractivity (Wildman–Crippen MR) is 108 cm³/mol. The average Bonchev–Trinajstić information content (AvgIpc) is 2.89. The number of halogens is 2. The Labute approximate surface area is 167 Å². The van der Waals surface area contributed by atoms with E-state index in [0.29, 0.717) is 43.3 Å². The van der Waals surface area contributed by atoms with Crippen LogP contribution in [0.4, 0.5) is 0 Å². The van der Waals surface area contributed by atoms with Crippen molar-refractivity contribution in [1.82, 2.24) is 9.80 Å². The number of hydrogen-bond donors (Lipinski definition) is 1. The van der Waals surface area contributed by atoms with Crippen LogP contribution in [0.15, 0.2) is 24.3 Å². The van der Waals surface area contributed by atoms with Gasteiger partial charge in [0.2, 0.25) is 5.91 Å². The molecule has 1 aliphatic rings. The highest BCUT2D eigenvalue weighted by molar-refractivity contribution is 6.30. The molecule has 1 fully saturated rings. The van der Waals surface area contributed by atoms with Gasteiger partial charge in [-0.25, -0.2) is 0 Å². The zero-order valence-corrected chi connectivity index (χ0v) is 17.1. The van der Waals surface area contributed by atoms with Gasteiger partial charge in [0.05, 0.1) is 5.41 Å². The first-order chi connectivity index (χ1) is 12.0. The number of rotatable bonds is 5. The first-order valence-corrected chi connectivity index (χ1v) is 9.39. The fourth-order valence-electron chi connectivity index (χ4n) is 3.36. The van der Waals surface area contributed by atoms with Gasteiger partial charge in [0.25, 0.3) is 5.91 Å². The number of carbonyl (C=O) groups excluding carboxylic acids is 2. The molecule has 2 amide bonds. The Hall–Kier alpha value is -1.30. The molecule has 0 aromatic heterocycles. The van der Waals surface area contributed by atoms with Crippen molar-refractivity contribution in [3.63, 3.8) is 0 Å². The number of carbonyl (C=O) groups is 2. The molecule has 2 N–H and O–H groups in total. The highest BCUT2D eigenvalue weighted by Crippen LogP contribution is 2.28. The van der Waals surface area contributed by atoms with E-state index in [9.17, 15) is 9.59 Å². The zero-order chi connectivity index (χ0) is 18.4. The van der Waals surface area contributed by atoms with Gasteiger partial charge < -0.3 is 15.5 Å². The normalized spacial score (nSPS) is 15.2. The van der Waals surface area contributed by atoms with Gasteiger partial charge in [-0.15, -0.1) is 12.4 Å². The number of nitrogens with zero attached hydrogens (tertiary/aromatic N) is 2. The van der Waals surface area contributed by atoms with Crippen LogP contribution in [-0.4, -0.2) is 54.3 Å². The second-order valence-electron chi connectivity index (χ2n) is 6.64. The Morgan fingerprint density at radius 1 is 1.04 bits per heavy atom. The largest absolute Gasteiger partial charge is 0.340 e. The Morgan fingerprint density at radius 2 is 1.58 bits per heavy atom. The van der Waals surface area contributed by atoms with E-state index in [1.807, 2.05) is 23.6 Å². The lowest BCUT2D eigenvalue weighted by atomic mass is 9.81. The summed E-state index contributed by atoms with van der Waals surface area (Å²) < 4.78 is 0. The molecule has 5 nitrogen and oxygen atoms in total. The van der Waals surface area contributed by atoms with Crippen LogP contribution in [0, 0.1) is 5.41 Å². The van der Waals surface area contributed by atoms with E-state index < -0.39 is 5.41 Å². The lowest BCUT2D eigenvalue weighted by molar-refractivity contribution is -0.142. The molecule has 0 unspecified atom stereocenters. The molecule has 0 saturated carbocycles. The van der Waals surface area contributed by atoms with Crippen LogP contribution in [0.5, 0.6) is 0 Å². The van der Waals surface area contributed by atoms with Gasteiger partial charge in [0.1, 0.15) is 0 Å². The van der Waals surface area contributed by atoms with Crippen molar-refractivity contribution in [2.45, 2.75) is 33.1 Å². The summed E-state index contributed by atoms with van der Waals surface area (Å²) >= 11 is 5.89. The lowest BCUT2D eigenvalue weighted by Gasteiger charge is -2.34. The fraction of sp³-hybridized carbons (Fsp3) is 0.579. The molecule has 1 aromatic carbocycles. The highest BCUT2D eigenvalue weighted by atomic mass is 35.5. The second-order valence-corrected chi connectivity index (χ2v) is 7.07. The maximum atomic E-state index is 13.0. The first-order valence-electron chi connectivity index (χ1n) is 9.01.